The predicted octanol–water partition coefficient (Wildman–Crippen LogP) is 2.30. The van der Waals surface area contributed by atoms with E-state index < -0.39 is 0 Å². The van der Waals surface area contributed by atoms with Gasteiger partial charge in [-0.25, -0.2) is 0 Å². The van der Waals surface area contributed by atoms with Crippen molar-refractivity contribution in [3.8, 4) is 0 Å². The van der Waals surface area contributed by atoms with Gasteiger partial charge >= 0.3 is 0 Å². The van der Waals surface area contributed by atoms with Crippen LogP contribution >= 0.6 is 0 Å². The number of carbonyl (C=O) groups excluding carboxylic acids is 1. The maximum absolute atomic E-state index is 12.2. The van der Waals surface area contributed by atoms with Crippen LogP contribution in [0.1, 0.15) is 18.9 Å². The van der Waals surface area contributed by atoms with Crippen LogP contribution in [0.25, 0.3) is 0 Å². The minimum absolute atomic E-state index is 0.325. The highest BCUT2D eigenvalue weighted by Crippen LogP contribution is 2.39. The van der Waals surface area contributed by atoms with E-state index in [1.807, 2.05) is 0 Å². The van der Waals surface area contributed by atoms with Crippen LogP contribution in [-0.4, -0.2) is 37.0 Å². The second kappa shape index (κ2) is 4.87. The van der Waals surface area contributed by atoms with E-state index in [4.69, 9.17) is 0 Å². The minimum atomic E-state index is 0.325. The Morgan fingerprint density at radius 3 is 2.21 bits per heavy atom. The smallest absolute Gasteiger partial charge is 0.226 e. The van der Waals surface area contributed by atoms with Gasteiger partial charge in [0, 0.05) is 37.8 Å². The van der Waals surface area contributed by atoms with Crippen molar-refractivity contribution in [2.75, 3.05) is 31.1 Å². The molecule has 0 radical (unpaired) electrons. The van der Waals surface area contributed by atoms with Gasteiger partial charge in [0.25, 0.3) is 0 Å². The molecule has 2 unspecified atom stereocenters. The number of hydrogen-bond acceptors (Lipinski definition) is 2. The molecule has 2 atom stereocenters. The SMILES string of the molecule is Cc1ccc(N2CCN(C(=O)C3CC3C)CC2)cc1. The Labute approximate surface area is 115 Å². The molecule has 2 aliphatic rings. The van der Waals surface area contributed by atoms with Crippen molar-refractivity contribution < 1.29 is 4.79 Å². The highest BCUT2D eigenvalue weighted by atomic mass is 16.2. The van der Waals surface area contributed by atoms with Gasteiger partial charge in [-0.1, -0.05) is 24.6 Å². The Hall–Kier alpha value is -1.51. The van der Waals surface area contributed by atoms with E-state index in [1.165, 1.54) is 11.3 Å². The highest BCUT2D eigenvalue weighted by molar-refractivity contribution is 5.81. The zero-order valence-electron chi connectivity index (χ0n) is 11.8. The molecule has 19 heavy (non-hydrogen) atoms. The molecule has 0 N–H and O–H groups in total. The molecule has 1 aromatic rings. The maximum atomic E-state index is 12.2. The van der Waals surface area contributed by atoms with E-state index in [0.717, 1.165) is 32.6 Å². The normalized spacial score (nSPS) is 26.4. The van der Waals surface area contributed by atoms with Crippen molar-refractivity contribution in [2.24, 2.45) is 11.8 Å². The van der Waals surface area contributed by atoms with Crippen LogP contribution in [0.5, 0.6) is 0 Å². The van der Waals surface area contributed by atoms with Crippen molar-refractivity contribution in [2.45, 2.75) is 20.3 Å². The summed E-state index contributed by atoms with van der Waals surface area (Å²) in [6, 6.07) is 8.66. The van der Waals surface area contributed by atoms with Crippen LogP contribution in [-0.2, 0) is 4.79 Å². The minimum Gasteiger partial charge on any atom is -0.368 e. The number of nitrogens with zero attached hydrogens (tertiary/aromatic N) is 2. The quantitative estimate of drug-likeness (QED) is 0.812. The van der Waals surface area contributed by atoms with Crippen molar-refractivity contribution in [3.05, 3.63) is 29.8 Å². The molecule has 1 saturated carbocycles. The van der Waals surface area contributed by atoms with Gasteiger partial charge in [0.1, 0.15) is 0 Å². The molecular formula is C16H22N2O. The summed E-state index contributed by atoms with van der Waals surface area (Å²) in [5, 5.41) is 0. The molecule has 102 valence electrons. The van der Waals surface area contributed by atoms with Gasteiger partial charge in [-0.3, -0.25) is 4.79 Å². The Morgan fingerprint density at radius 1 is 1.11 bits per heavy atom. The van der Waals surface area contributed by atoms with Gasteiger partial charge in [-0.2, -0.15) is 0 Å². The third-order valence-electron chi connectivity index (χ3n) is 4.42. The lowest BCUT2D eigenvalue weighted by Crippen LogP contribution is -2.49. The number of benzene rings is 1. The topological polar surface area (TPSA) is 23.6 Å². The van der Waals surface area contributed by atoms with Crippen LogP contribution in [0.3, 0.4) is 0 Å². The molecule has 1 aromatic carbocycles. The van der Waals surface area contributed by atoms with Crippen LogP contribution in [0, 0.1) is 18.8 Å². The molecule has 3 nitrogen and oxygen atoms in total. The third-order valence-corrected chi connectivity index (χ3v) is 4.42. The maximum Gasteiger partial charge on any atom is 0.226 e. The molecule has 1 saturated heterocycles. The molecular weight excluding hydrogens is 236 g/mol. The number of amides is 1. The van der Waals surface area contributed by atoms with Crippen molar-refractivity contribution >= 4 is 11.6 Å². The molecule has 1 amide bonds. The standard InChI is InChI=1S/C16H22N2O/c1-12-3-5-14(6-4-12)17-7-9-18(10-8-17)16(19)15-11-13(15)2/h3-6,13,15H,7-11H2,1-2H3. The summed E-state index contributed by atoms with van der Waals surface area (Å²) in [5.41, 5.74) is 2.57. The Balaban J connectivity index is 1.57. The fourth-order valence-electron chi connectivity index (χ4n) is 2.84. The largest absolute Gasteiger partial charge is 0.368 e. The Morgan fingerprint density at radius 2 is 1.68 bits per heavy atom. The number of hydrogen-bond donors (Lipinski definition) is 0. The Kier molecular flexibility index (Phi) is 3.21. The van der Waals surface area contributed by atoms with Crippen molar-refractivity contribution in [1.29, 1.82) is 0 Å². The highest BCUT2D eigenvalue weighted by Gasteiger charge is 2.41. The van der Waals surface area contributed by atoms with Gasteiger partial charge < -0.3 is 9.80 Å². The first kappa shape index (κ1) is 12.5. The molecule has 2 fully saturated rings. The summed E-state index contributed by atoms with van der Waals surface area (Å²) in [7, 11) is 0. The van der Waals surface area contributed by atoms with Crippen LogP contribution in [0.15, 0.2) is 24.3 Å². The average molecular weight is 258 g/mol. The molecule has 0 spiro atoms. The van der Waals surface area contributed by atoms with Gasteiger partial charge in [-0.05, 0) is 31.4 Å². The summed E-state index contributed by atoms with van der Waals surface area (Å²) in [4.78, 5) is 16.6. The molecule has 0 aromatic heterocycles. The lowest BCUT2D eigenvalue weighted by atomic mass is 10.2. The average Bonchev–Trinajstić information content (AvgIpc) is 3.16. The van der Waals surface area contributed by atoms with Crippen molar-refractivity contribution in [3.63, 3.8) is 0 Å². The summed E-state index contributed by atoms with van der Waals surface area (Å²) >= 11 is 0. The van der Waals surface area contributed by atoms with Crippen LogP contribution < -0.4 is 4.90 Å². The van der Waals surface area contributed by atoms with Gasteiger partial charge in [-0.15, -0.1) is 0 Å². The first-order valence-electron chi connectivity index (χ1n) is 7.25. The van der Waals surface area contributed by atoms with Gasteiger partial charge in [0.15, 0.2) is 0 Å². The lowest BCUT2D eigenvalue weighted by molar-refractivity contribution is -0.133. The first-order chi connectivity index (χ1) is 9.15. The van der Waals surface area contributed by atoms with Crippen molar-refractivity contribution in [1.82, 2.24) is 4.90 Å². The fourth-order valence-corrected chi connectivity index (χ4v) is 2.84. The second-order valence-electron chi connectivity index (χ2n) is 5.97. The second-order valence-corrected chi connectivity index (χ2v) is 5.97. The van der Waals surface area contributed by atoms with Gasteiger partial charge in [0.05, 0.1) is 0 Å². The van der Waals surface area contributed by atoms with Crippen LogP contribution in [0.2, 0.25) is 0 Å². The monoisotopic (exact) mass is 258 g/mol. The van der Waals surface area contributed by atoms with E-state index in [-0.39, 0.29) is 0 Å². The zero-order chi connectivity index (χ0) is 13.4. The number of carbonyl (C=O) groups is 1. The van der Waals surface area contributed by atoms with E-state index in [2.05, 4.69) is 47.9 Å². The molecule has 1 aliphatic heterocycles. The summed E-state index contributed by atoms with van der Waals surface area (Å²) in [6.07, 6.45) is 1.09. The lowest BCUT2D eigenvalue weighted by Gasteiger charge is -2.36. The molecule has 0 bridgehead atoms. The molecule has 1 aliphatic carbocycles. The molecule has 3 heteroatoms. The summed E-state index contributed by atoms with van der Waals surface area (Å²) in [5.74, 6) is 1.32. The summed E-state index contributed by atoms with van der Waals surface area (Å²) < 4.78 is 0. The van der Waals surface area contributed by atoms with E-state index in [1.54, 1.807) is 0 Å². The Bertz CT molecular complexity index is 460. The predicted molar refractivity (Wildman–Crippen MR) is 77.2 cm³/mol. The van der Waals surface area contributed by atoms with Crippen LogP contribution in [0.4, 0.5) is 5.69 Å². The van der Waals surface area contributed by atoms with E-state index in [0.29, 0.717) is 17.7 Å². The number of rotatable bonds is 2. The third kappa shape index (κ3) is 2.60. The first-order valence-corrected chi connectivity index (χ1v) is 7.25. The summed E-state index contributed by atoms with van der Waals surface area (Å²) in [6.45, 7) is 7.93. The fraction of sp³-hybridized carbons (Fsp3) is 0.562. The van der Waals surface area contributed by atoms with E-state index in [9.17, 15) is 4.79 Å². The number of aryl methyl sites for hydroxylation is 1. The molecule has 1 heterocycles. The number of piperazine rings is 1. The van der Waals surface area contributed by atoms with E-state index >= 15 is 0 Å². The van der Waals surface area contributed by atoms with Gasteiger partial charge in [0.2, 0.25) is 5.91 Å². The molecule has 3 rings (SSSR count). The number of anilines is 1. The zero-order valence-corrected chi connectivity index (χ0v) is 11.8.